The zero-order valence-corrected chi connectivity index (χ0v) is 13.4. The molecule has 0 aliphatic rings. The molecule has 0 atom stereocenters. The predicted molar refractivity (Wildman–Crippen MR) is 90.3 cm³/mol. The largest absolute Gasteiger partial charge is 0.496 e. The van der Waals surface area contributed by atoms with Gasteiger partial charge in [0.1, 0.15) is 11.3 Å². The van der Waals surface area contributed by atoms with Crippen molar-refractivity contribution in [2.45, 2.75) is 12.1 Å². The highest BCUT2D eigenvalue weighted by molar-refractivity contribution is 7.98. The van der Waals surface area contributed by atoms with E-state index in [1.165, 1.54) is 11.8 Å². The minimum atomic E-state index is 0.410. The zero-order valence-electron chi connectivity index (χ0n) is 12.6. The summed E-state index contributed by atoms with van der Waals surface area (Å²) >= 11 is 1.48. The van der Waals surface area contributed by atoms with Crippen LogP contribution in [0.4, 0.5) is 5.82 Å². The van der Waals surface area contributed by atoms with E-state index in [4.69, 9.17) is 10.5 Å². The molecule has 0 saturated heterocycles. The van der Waals surface area contributed by atoms with E-state index in [-0.39, 0.29) is 0 Å². The summed E-state index contributed by atoms with van der Waals surface area (Å²) in [5.74, 6) is 1.24. The minimum Gasteiger partial charge on any atom is -0.496 e. The van der Waals surface area contributed by atoms with Crippen LogP contribution in [-0.4, -0.2) is 28.3 Å². The third-order valence-electron chi connectivity index (χ3n) is 3.53. The number of aromatic nitrogens is 3. The van der Waals surface area contributed by atoms with E-state index in [0.29, 0.717) is 16.5 Å². The van der Waals surface area contributed by atoms with Crippen LogP contribution in [0.25, 0.3) is 22.2 Å². The first-order valence-electron chi connectivity index (χ1n) is 6.75. The number of rotatable bonds is 3. The van der Waals surface area contributed by atoms with Crippen molar-refractivity contribution >= 4 is 28.5 Å². The number of nitrogen functional groups attached to an aromatic ring is 1. The van der Waals surface area contributed by atoms with Gasteiger partial charge in [0, 0.05) is 22.7 Å². The monoisotopic (exact) mass is 312 g/mol. The van der Waals surface area contributed by atoms with Gasteiger partial charge >= 0.3 is 0 Å². The Morgan fingerprint density at radius 2 is 2.05 bits per heavy atom. The van der Waals surface area contributed by atoms with E-state index >= 15 is 0 Å². The summed E-state index contributed by atoms with van der Waals surface area (Å²) in [6, 6.07) is 7.83. The topological polar surface area (TPSA) is 73.9 Å². The highest BCUT2D eigenvalue weighted by Gasteiger charge is 2.12. The Balaban J connectivity index is 2.21. The van der Waals surface area contributed by atoms with E-state index in [1.54, 1.807) is 13.3 Å². The molecular weight excluding hydrogens is 296 g/mol. The van der Waals surface area contributed by atoms with Crippen molar-refractivity contribution < 1.29 is 4.74 Å². The third kappa shape index (κ3) is 2.46. The molecule has 6 heteroatoms. The lowest BCUT2D eigenvalue weighted by molar-refractivity contribution is 0.412. The molecule has 2 aromatic heterocycles. The second kappa shape index (κ2) is 5.81. The molecule has 0 unspecified atom stereocenters. The van der Waals surface area contributed by atoms with Gasteiger partial charge in [0.2, 0.25) is 0 Å². The van der Waals surface area contributed by atoms with Crippen molar-refractivity contribution in [2.24, 2.45) is 0 Å². The smallest absolute Gasteiger partial charge is 0.187 e. The van der Waals surface area contributed by atoms with E-state index in [0.717, 1.165) is 28.0 Å². The van der Waals surface area contributed by atoms with E-state index in [2.05, 4.69) is 15.0 Å². The average Bonchev–Trinajstić information content (AvgIpc) is 2.54. The van der Waals surface area contributed by atoms with E-state index < -0.39 is 0 Å². The van der Waals surface area contributed by atoms with Gasteiger partial charge < -0.3 is 10.5 Å². The highest BCUT2D eigenvalue weighted by atomic mass is 32.2. The normalized spacial score (nSPS) is 10.9. The molecule has 0 radical (unpaired) electrons. The van der Waals surface area contributed by atoms with Gasteiger partial charge in [-0.3, -0.25) is 0 Å². The van der Waals surface area contributed by atoms with Crippen LogP contribution in [-0.2, 0) is 0 Å². The second-order valence-corrected chi connectivity index (χ2v) is 5.59. The Bertz CT molecular complexity index is 851. The van der Waals surface area contributed by atoms with Crippen molar-refractivity contribution in [3.63, 3.8) is 0 Å². The molecule has 112 valence electrons. The maximum absolute atomic E-state index is 6.10. The van der Waals surface area contributed by atoms with Gasteiger partial charge in [0.25, 0.3) is 0 Å². The molecule has 1 aromatic carbocycles. The molecule has 0 spiro atoms. The Hall–Kier alpha value is -2.34. The highest BCUT2D eigenvalue weighted by Crippen LogP contribution is 2.31. The van der Waals surface area contributed by atoms with Gasteiger partial charge in [-0.1, -0.05) is 23.9 Å². The number of nitrogens with two attached hydrogens (primary N) is 1. The van der Waals surface area contributed by atoms with Crippen LogP contribution >= 0.6 is 11.8 Å². The predicted octanol–water partition coefficient (Wildman–Crippen LogP) is 3.31. The Labute approximate surface area is 133 Å². The number of benzene rings is 1. The molecule has 5 nitrogen and oxygen atoms in total. The van der Waals surface area contributed by atoms with Crippen LogP contribution in [0.1, 0.15) is 5.56 Å². The number of ether oxygens (including phenoxy) is 1. The number of anilines is 1. The summed E-state index contributed by atoms with van der Waals surface area (Å²) in [6.45, 7) is 2.00. The summed E-state index contributed by atoms with van der Waals surface area (Å²) < 4.78 is 5.37. The fourth-order valence-corrected chi connectivity index (χ4v) is 2.74. The van der Waals surface area contributed by atoms with Crippen LogP contribution in [0, 0.1) is 6.92 Å². The lowest BCUT2D eigenvalue weighted by Gasteiger charge is -2.11. The van der Waals surface area contributed by atoms with Crippen LogP contribution in [0.15, 0.2) is 35.6 Å². The quantitative estimate of drug-likeness (QED) is 0.591. The summed E-state index contributed by atoms with van der Waals surface area (Å²) in [5.41, 5.74) is 9.59. The van der Waals surface area contributed by atoms with Crippen LogP contribution in [0.5, 0.6) is 5.75 Å². The van der Waals surface area contributed by atoms with E-state index in [9.17, 15) is 0 Å². The molecule has 0 fully saturated rings. The molecule has 0 amide bonds. The Kier molecular flexibility index (Phi) is 3.85. The van der Waals surface area contributed by atoms with Crippen molar-refractivity contribution in [1.82, 2.24) is 15.0 Å². The molecule has 0 bridgehead atoms. The van der Waals surface area contributed by atoms with Gasteiger partial charge in [-0.2, -0.15) is 0 Å². The second-order valence-electron chi connectivity index (χ2n) is 4.82. The molecular formula is C16H16N4OS. The van der Waals surface area contributed by atoms with Gasteiger partial charge in [0.05, 0.1) is 12.8 Å². The number of fused-ring (bicyclic) bond motifs is 1. The molecule has 2 N–H and O–H groups in total. The number of hydrogen-bond acceptors (Lipinski definition) is 6. The fourth-order valence-electron chi connectivity index (χ4n) is 2.40. The average molecular weight is 312 g/mol. The fraction of sp³-hybridized carbons (Fsp3) is 0.188. The first kappa shape index (κ1) is 14.6. The number of hydrogen-bond donors (Lipinski definition) is 1. The summed E-state index contributed by atoms with van der Waals surface area (Å²) in [5, 5.41) is 1.56. The third-order valence-corrected chi connectivity index (χ3v) is 4.10. The van der Waals surface area contributed by atoms with Crippen LogP contribution in [0.3, 0.4) is 0 Å². The lowest BCUT2D eigenvalue weighted by Crippen LogP contribution is -1.99. The van der Waals surface area contributed by atoms with Crippen molar-refractivity contribution in [2.75, 3.05) is 19.1 Å². The zero-order chi connectivity index (χ0) is 15.7. The molecule has 0 aliphatic heterocycles. The van der Waals surface area contributed by atoms with Crippen molar-refractivity contribution in [3.05, 3.63) is 36.0 Å². The van der Waals surface area contributed by atoms with Gasteiger partial charge in [-0.15, -0.1) is 0 Å². The SMILES string of the molecule is COc1cccc(-c2cc3cnc(SC)nc3c(N)n2)c1C. The van der Waals surface area contributed by atoms with E-state index in [1.807, 2.05) is 37.4 Å². The Morgan fingerprint density at radius 3 is 2.77 bits per heavy atom. The maximum atomic E-state index is 6.10. The molecule has 2 heterocycles. The lowest BCUT2D eigenvalue weighted by atomic mass is 10.0. The number of nitrogens with zero attached hydrogens (tertiary/aromatic N) is 3. The first-order chi connectivity index (χ1) is 10.6. The van der Waals surface area contributed by atoms with Gasteiger partial charge in [0.15, 0.2) is 11.0 Å². The summed E-state index contributed by atoms with van der Waals surface area (Å²) in [6.07, 6.45) is 3.71. The standard InChI is InChI=1S/C16H16N4OS/c1-9-11(5-4-6-13(9)21-2)12-7-10-8-18-16(22-3)20-14(10)15(17)19-12/h4-8H,1-3H3,(H2,17,19). The van der Waals surface area contributed by atoms with Crippen molar-refractivity contribution in [3.8, 4) is 17.0 Å². The Morgan fingerprint density at radius 1 is 1.23 bits per heavy atom. The summed E-state index contributed by atoms with van der Waals surface area (Å²) in [4.78, 5) is 13.2. The molecule has 0 aliphatic carbocycles. The molecule has 3 aromatic rings. The van der Waals surface area contributed by atoms with Crippen LogP contribution < -0.4 is 10.5 Å². The maximum Gasteiger partial charge on any atom is 0.187 e. The summed E-state index contributed by atoms with van der Waals surface area (Å²) in [7, 11) is 1.66. The number of thioether (sulfide) groups is 1. The van der Waals surface area contributed by atoms with Gasteiger partial charge in [-0.05, 0) is 25.3 Å². The molecule has 22 heavy (non-hydrogen) atoms. The number of pyridine rings is 1. The molecule has 0 saturated carbocycles. The number of methoxy groups -OCH3 is 1. The molecule has 3 rings (SSSR count). The minimum absolute atomic E-state index is 0.410. The van der Waals surface area contributed by atoms with Crippen LogP contribution in [0.2, 0.25) is 0 Å². The van der Waals surface area contributed by atoms with Crippen molar-refractivity contribution in [1.29, 1.82) is 0 Å². The van der Waals surface area contributed by atoms with Gasteiger partial charge in [-0.25, -0.2) is 15.0 Å². The first-order valence-corrected chi connectivity index (χ1v) is 7.97.